The van der Waals surface area contributed by atoms with E-state index in [0.29, 0.717) is 25.4 Å². The third-order valence-electron chi connectivity index (χ3n) is 9.13. The zero-order valence-corrected chi connectivity index (χ0v) is 26.0. The van der Waals surface area contributed by atoms with Crippen LogP contribution in [-0.4, -0.2) is 66.0 Å². The number of carbonyl (C=O) groups is 1. The van der Waals surface area contributed by atoms with Crippen molar-refractivity contribution in [2.75, 3.05) is 44.6 Å². The maximum atomic E-state index is 13.0. The number of nitrogens with one attached hydrogen (secondary N) is 1. The molecule has 45 heavy (non-hydrogen) atoms. The number of piperidine rings is 2. The van der Waals surface area contributed by atoms with Crippen molar-refractivity contribution in [3.63, 3.8) is 0 Å². The summed E-state index contributed by atoms with van der Waals surface area (Å²) in [6.45, 7) is 12.0. The standard InChI is InChI=1S/C37H44N4O4/c1-3-28(4-2)27-45-36-26-34(14-15-35(36)41(43)44)38-33-18-24-40(25-19-33)37(42)20-23-39-21-16-32(17-22-39)31-12-10-30(11-13-31)29-8-6-5-7-9-29/h3-15,26,28,32-33,38H,1-2,16-25,27H2. The summed E-state index contributed by atoms with van der Waals surface area (Å²) in [4.78, 5) is 28.5. The second-order valence-corrected chi connectivity index (χ2v) is 12.0. The lowest BCUT2D eigenvalue weighted by Gasteiger charge is -2.35. The molecule has 2 heterocycles. The van der Waals surface area contributed by atoms with Gasteiger partial charge in [-0.05, 0) is 67.4 Å². The summed E-state index contributed by atoms with van der Waals surface area (Å²) in [6.07, 6.45) is 7.83. The topological polar surface area (TPSA) is 88.0 Å². The van der Waals surface area contributed by atoms with E-state index in [1.54, 1.807) is 24.3 Å². The van der Waals surface area contributed by atoms with Crippen LogP contribution in [0.25, 0.3) is 11.1 Å². The van der Waals surface area contributed by atoms with Gasteiger partial charge < -0.3 is 19.9 Å². The van der Waals surface area contributed by atoms with E-state index in [0.717, 1.165) is 51.0 Å². The number of amides is 1. The fourth-order valence-electron chi connectivity index (χ4n) is 6.28. The largest absolute Gasteiger partial charge is 0.486 e. The summed E-state index contributed by atoms with van der Waals surface area (Å²) in [5.41, 5.74) is 4.60. The van der Waals surface area contributed by atoms with Crippen LogP contribution in [-0.2, 0) is 4.79 Å². The highest BCUT2D eigenvalue weighted by atomic mass is 16.6. The lowest BCUT2D eigenvalue weighted by Crippen LogP contribution is -2.43. The first-order valence-electron chi connectivity index (χ1n) is 16.0. The normalized spacial score (nSPS) is 16.3. The molecule has 8 heteroatoms. The lowest BCUT2D eigenvalue weighted by molar-refractivity contribution is -0.385. The summed E-state index contributed by atoms with van der Waals surface area (Å²) in [7, 11) is 0. The third kappa shape index (κ3) is 8.60. The Morgan fingerprint density at radius 3 is 2.24 bits per heavy atom. The average Bonchev–Trinajstić information content (AvgIpc) is 3.08. The molecule has 2 saturated heterocycles. The molecule has 5 rings (SSSR count). The predicted octanol–water partition coefficient (Wildman–Crippen LogP) is 7.30. The molecule has 8 nitrogen and oxygen atoms in total. The van der Waals surface area contributed by atoms with Crippen molar-refractivity contribution in [2.24, 2.45) is 5.92 Å². The Hall–Kier alpha value is -4.43. The van der Waals surface area contributed by atoms with E-state index in [2.05, 4.69) is 71.9 Å². The smallest absolute Gasteiger partial charge is 0.311 e. The highest BCUT2D eigenvalue weighted by Crippen LogP contribution is 2.32. The van der Waals surface area contributed by atoms with Crippen LogP contribution >= 0.6 is 0 Å². The second kappa shape index (κ2) is 15.5. The third-order valence-corrected chi connectivity index (χ3v) is 9.13. The van der Waals surface area contributed by atoms with Gasteiger partial charge >= 0.3 is 5.69 Å². The first-order valence-corrected chi connectivity index (χ1v) is 16.0. The molecule has 0 spiro atoms. The van der Waals surface area contributed by atoms with E-state index < -0.39 is 4.92 Å². The van der Waals surface area contributed by atoms with Gasteiger partial charge in [-0.1, -0.05) is 66.7 Å². The number of nitro groups is 1. The van der Waals surface area contributed by atoms with Crippen LogP contribution in [0, 0.1) is 16.0 Å². The Kier molecular flexibility index (Phi) is 11.0. The number of ether oxygens (including phenoxy) is 1. The molecule has 236 valence electrons. The lowest BCUT2D eigenvalue weighted by atomic mass is 9.88. The second-order valence-electron chi connectivity index (χ2n) is 12.0. The van der Waals surface area contributed by atoms with Crippen LogP contribution in [0.1, 0.15) is 43.6 Å². The molecule has 2 aliphatic heterocycles. The maximum Gasteiger partial charge on any atom is 0.311 e. The molecule has 2 aliphatic rings. The van der Waals surface area contributed by atoms with E-state index in [4.69, 9.17) is 4.74 Å². The Bertz CT molecular complexity index is 1440. The van der Waals surface area contributed by atoms with E-state index in [-0.39, 0.29) is 35.9 Å². The quantitative estimate of drug-likeness (QED) is 0.124. The Morgan fingerprint density at radius 2 is 1.60 bits per heavy atom. The number of likely N-dealkylation sites (tertiary alicyclic amines) is 2. The molecule has 0 bridgehead atoms. The summed E-state index contributed by atoms with van der Waals surface area (Å²) in [5, 5.41) is 15.0. The van der Waals surface area contributed by atoms with Crippen LogP contribution < -0.4 is 10.1 Å². The zero-order chi connectivity index (χ0) is 31.6. The molecule has 3 aromatic rings. The van der Waals surface area contributed by atoms with Crippen molar-refractivity contribution < 1.29 is 14.5 Å². The SMILES string of the molecule is C=CC(C=C)COc1cc(NC2CCN(C(=O)CCN3CCC(c4ccc(-c5ccccc5)cc4)CC3)CC2)ccc1[N+](=O)[O-]. The molecule has 0 aromatic heterocycles. The summed E-state index contributed by atoms with van der Waals surface area (Å²) in [6, 6.07) is 24.5. The Morgan fingerprint density at radius 1 is 0.933 bits per heavy atom. The molecule has 0 aliphatic carbocycles. The van der Waals surface area contributed by atoms with Gasteiger partial charge in [-0.15, -0.1) is 13.2 Å². The summed E-state index contributed by atoms with van der Waals surface area (Å²) < 4.78 is 5.76. The molecular weight excluding hydrogens is 564 g/mol. The number of nitro benzene ring substituents is 1. The van der Waals surface area contributed by atoms with Crippen molar-refractivity contribution in [3.8, 4) is 16.9 Å². The van der Waals surface area contributed by atoms with Crippen LogP contribution in [0.5, 0.6) is 5.75 Å². The van der Waals surface area contributed by atoms with Gasteiger partial charge in [0.15, 0.2) is 5.75 Å². The molecule has 3 aromatic carbocycles. The molecule has 0 radical (unpaired) electrons. The fraction of sp³-hybridized carbons (Fsp3) is 0.378. The molecule has 1 amide bonds. The molecule has 0 saturated carbocycles. The van der Waals surface area contributed by atoms with Crippen LogP contribution in [0.15, 0.2) is 98.1 Å². The van der Waals surface area contributed by atoms with Gasteiger partial charge in [0.05, 0.1) is 11.5 Å². The molecule has 0 unspecified atom stereocenters. The highest BCUT2D eigenvalue weighted by molar-refractivity contribution is 5.76. The van der Waals surface area contributed by atoms with Crippen molar-refractivity contribution in [1.82, 2.24) is 9.80 Å². The van der Waals surface area contributed by atoms with Crippen molar-refractivity contribution in [3.05, 3.63) is 114 Å². The number of hydrogen-bond donors (Lipinski definition) is 1. The Labute approximate surface area is 266 Å². The maximum absolute atomic E-state index is 13.0. The first-order chi connectivity index (χ1) is 21.9. The number of rotatable bonds is 13. The van der Waals surface area contributed by atoms with Gasteiger partial charge in [0.2, 0.25) is 5.91 Å². The first kappa shape index (κ1) is 32.0. The van der Waals surface area contributed by atoms with Crippen molar-refractivity contribution in [2.45, 2.75) is 44.1 Å². The number of carbonyl (C=O) groups excluding carboxylic acids is 1. The zero-order valence-electron chi connectivity index (χ0n) is 26.0. The molecule has 1 N–H and O–H groups in total. The number of benzene rings is 3. The van der Waals surface area contributed by atoms with Crippen LogP contribution in [0.3, 0.4) is 0 Å². The van der Waals surface area contributed by atoms with Crippen molar-refractivity contribution >= 4 is 17.3 Å². The highest BCUT2D eigenvalue weighted by Gasteiger charge is 2.26. The van der Waals surface area contributed by atoms with Gasteiger partial charge in [-0.3, -0.25) is 14.9 Å². The van der Waals surface area contributed by atoms with Gasteiger partial charge in [0, 0.05) is 55.8 Å². The summed E-state index contributed by atoms with van der Waals surface area (Å²) >= 11 is 0. The minimum Gasteiger partial charge on any atom is -0.486 e. The molecule has 2 fully saturated rings. The van der Waals surface area contributed by atoms with Gasteiger partial charge in [-0.2, -0.15) is 0 Å². The monoisotopic (exact) mass is 608 g/mol. The van der Waals surface area contributed by atoms with E-state index >= 15 is 0 Å². The fourth-order valence-corrected chi connectivity index (χ4v) is 6.28. The van der Waals surface area contributed by atoms with E-state index in [9.17, 15) is 14.9 Å². The van der Waals surface area contributed by atoms with E-state index in [1.807, 2.05) is 11.0 Å². The Balaban J connectivity index is 1.03. The summed E-state index contributed by atoms with van der Waals surface area (Å²) in [5.74, 6) is 0.912. The van der Waals surface area contributed by atoms with Gasteiger partial charge in [0.25, 0.3) is 0 Å². The van der Waals surface area contributed by atoms with Gasteiger partial charge in [0.1, 0.15) is 0 Å². The van der Waals surface area contributed by atoms with Gasteiger partial charge in [-0.25, -0.2) is 0 Å². The molecular formula is C37H44N4O4. The van der Waals surface area contributed by atoms with E-state index in [1.165, 1.54) is 22.8 Å². The van der Waals surface area contributed by atoms with Crippen LogP contribution in [0.4, 0.5) is 11.4 Å². The molecule has 0 atom stereocenters. The average molecular weight is 609 g/mol. The van der Waals surface area contributed by atoms with Crippen molar-refractivity contribution in [1.29, 1.82) is 0 Å². The predicted molar refractivity (Wildman–Crippen MR) is 181 cm³/mol. The number of anilines is 1. The minimum absolute atomic E-state index is 0.0745. The number of nitrogens with zero attached hydrogens (tertiary/aromatic N) is 3. The number of hydrogen-bond acceptors (Lipinski definition) is 6. The minimum atomic E-state index is -0.437. The van der Waals surface area contributed by atoms with Crippen LogP contribution in [0.2, 0.25) is 0 Å².